The third kappa shape index (κ3) is 2.75. The molecule has 0 atom stereocenters. The van der Waals surface area contributed by atoms with E-state index in [0.717, 1.165) is 41.0 Å². The van der Waals surface area contributed by atoms with Crippen molar-refractivity contribution in [2.45, 2.75) is 12.8 Å². The molecule has 6 heteroatoms. The summed E-state index contributed by atoms with van der Waals surface area (Å²) in [5.74, 6) is -0.223. The lowest BCUT2D eigenvalue weighted by atomic mass is 9.86. The first kappa shape index (κ1) is 17.0. The normalized spacial score (nSPS) is 12.4. The molecule has 132 valence electrons. The summed E-state index contributed by atoms with van der Waals surface area (Å²) < 4.78 is 5.30. The predicted octanol–water partition coefficient (Wildman–Crippen LogP) is 5.46. The van der Waals surface area contributed by atoms with Crippen LogP contribution in [-0.4, -0.2) is 23.2 Å². The van der Waals surface area contributed by atoms with Gasteiger partial charge in [0.05, 0.1) is 12.8 Å². The number of benzene rings is 2. The molecule has 0 aliphatic heterocycles. The van der Waals surface area contributed by atoms with E-state index in [2.05, 4.69) is 4.98 Å². The summed E-state index contributed by atoms with van der Waals surface area (Å²) in [7, 11) is 1.63. The summed E-state index contributed by atoms with van der Waals surface area (Å²) in [4.78, 5) is 15.0. The Morgan fingerprint density at radius 3 is 2.50 bits per heavy atom. The molecule has 3 aromatic rings. The summed E-state index contributed by atoms with van der Waals surface area (Å²) in [6, 6.07) is 11.0. The highest BCUT2D eigenvalue weighted by atomic mass is 35.5. The number of nitrogens with one attached hydrogen (secondary N) is 1. The molecule has 2 aromatic carbocycles. The number of carboxylic acid groups (broad SMARTS) is 1. The highest BCUT2D eigenvalue weighted by molar-refractivity contribution is 6.35. The van der Waals surface area contributed by atoms with E-state index in [1.165, 1.54) is 0 Å². The molecular weight excluding hydrogens is 373 g/mol. The van der Waals surface area contributed by atoms with Gasteiger partial charge in [0.15, 0.2) is 0 Å². The molecule has 0 saturated carbocycles. The van der Waals surface area contributed by atoms with Gasteiger partial charge in [0, 0.05) is 21.2 Å². The SMILES string of the molecule is COc1ccc2c(c1)CCc1c-2[nH]c(C(=O)O)c1-c1cc(Cl)cc(Cl)c1. The van der Waals surface area contributed by atoms with E-state index in [9.17, 15) is 9.90 Å². The maximum Gasteiger partial charge on any atom is 0.352 e. The van der Waals surface area contributed by atoms with Crippen molar-refractivity contribution in [3.8, 4) is 28.1 Å². The minimum Gasteiger partial charge on any atom is -0.497 e. The predicted molar refractivity (Wildman–Crippen MR) is 103 cm³/mol. The van der Waals surface area contributed by atoms with Gasteiger partial charge in [0.25, 0.3) is 0 Å². The number of hydrogen-bond acceptors (Lipinski definition) is 2. The standard InChI is InChI=1S/C20H15Cl2NO3/c1-26-14-3-5-15-10(8-14)2-4-16-17(19(20(24)25)23-18(15)16)11-6-12(21)9-13(22)7-11/h3,5-9,23H,2,4H2,1H3,(H,24,25). The van der Waals surface area contributed by atoms with E-state index in [1.54, 1.807) is 25.3 Å². The van der Waals surface area contributed by atoms with Crippen LogP contribution in [0.1, 0.15) is 21.6 Å². The van der Waals surface area contributed by atoms with Crippen molar-refractivity contribution in [1.82, 2.24) is 4.98 Å². The third-order valence-electron chi connectivity index (χ3n) is 4.69. The molecule has 4 nitrogen and oxygen atoms in total. The van der Waals surface area contributed by atoms with Gasteiger partial charge in [0.2, 0.25) is 0 Å². The summed E-state index contributed by atoms with van der Waals surface area (Å²) in [6.45, 7) is 0. The first-order chi connectivity index (χ1) is 12.5. The lowest BCUT2D eigenvalue weighted by Gasteiger charge is -2.18. The highest BCUT2D eigenvalue weighted by Gasteiger charge is 2.28. The number of aromatic carboxylic acids is 1. The van der Waals surface area contributed by atoms with Crippen LogP contribution in [0.15, 0.2) is 36.4 Å². The van der Waals surface area contributed by atoms with Gasteiger partial charge in [-0.05, 0) is 65.9 Å². The van der Waals surface area contributed by atoms with Crippen LogP contribution < -0.4 is 4.74 Å². The van der Waals surface area contributed by atoms with Crippen LogP contribution in [0.5, 0.6) is 5.75 Å². The van der Waals surface area contributed by atoms with Crippen molar-refractivity contribution in [3.63, 3.8) is 0 Å². The zero-order valence-corrected chi connectivity index (χ0v) is 15.4. The minimum atomic E-state index is -1.01. The van der Waals surface area contributed by atoms with Crippen molar-refractivity contribution in [2.24, 2.45) is 0 Å². The number of H-pyrrole nitrogens is 1. The average molecular weight is 388 g/mol. The molecule has 4 rings (SSSR count). The van der Waals surface area contributed by atoms with E-state index < -0.39 is 5.97 Å². The number of hydrogen-bond donors (Lipinski definition) is 2. The van der Waals surface area contributed by atoms with Crippen LogP contribution in [0.2, 0.25) is 10.0 Å². The highest BCUT2D eigenvalue weighted by Crippen LogP contribution is 2.42. The van der Waals surface area contributed by atoms with Gasteiger partial charge in [0.1, 0.15) is 11.4 Å². The van der Waals surface area contributed by atoms with E-state index in [-0.39, 0.29) is 5.69 Å². The number of rotatable bonds is 3. The van der Waals surface area contributed by atoms with E-state index in [4.69, 9.17) is 27.9 Å². The largest absolute Gasteiger partial charge is 0.497 e. The lowest BCUT2D eigenvalue weighted by Crippen LogP contribution is -2.04. The Bertz CT molecular complexity index is 1020. The van der Waals surface area contributed by atoms with Crippen LogP contribution in [-0.2, 0) is 12.8 Å². The number of aromatic nitrogens is 1. The van der Waals surface area contributed by atoms with Crippen molar-refractivity contribution < 1.29 is 14.6 Å². The molecule has 1 aliphatic rings. The van der Waals surface area contributed by atoms with Crippen LogP contribution in [0, 0.1) is 0 Å². The number of aryl methyl sites for hydroxylation is 1. The van der Waals surface area contributed by atoms with E-state index >= 15 is 0 Å². The number of aromatic amines is 1. The second kappa shape index (κ2) is 6.38. The second-order valence-electron chi connectivity index (χ2n) is 6.21. The van der Waals surface area contributed by atoms with E-state index in [0.29, 0.717) is 21.2 Å². The molecule has 0 fully saturated rings. The summed E-state index contributed by atoms with van der Waals surface area (Å²) in [5, 5.41) is 10.7. The summed E-state index contributed by atoms with van der Waals surface area (Å²) in [5.41, 5.74) is 5.43. The van der Waals surface area contributed by atoms with Gasteiger partial charge in [-0.1, -0.05) is 23.2 Å². The van der Waals surface area contributed by atoms with Crippen LogP contribution >= 0.6 is 23.2 Å². The molecule has 2 N–H and O–H groups in total. The Labute approximate surface area is 160 Å². The van der Waals surface area contributed by atoms with Crippen molar-refractivity contribution in [2.75, 3.05) is 7.11 Å². The van der Waals surface area contributed by atoms with Crippen molar-refractivity contribution in [1.29, 1.82) is 0 Å². The molecule has 0 saturated heterocycles. The van der Waals surface area contributed by atoms with Crippen LogP contribution in [0.25, 0.3) is 22.4 Å². The Kier molecular flexibility index (Phi) is 4.17. The van der Waals surface area contributed by atoms with Gasteiger partial charge in [-0.3, -0.25) is 0 Å². The fourth-order valence-corrected chi connectivity index (χ4v) is 4.13. The molecule has 26 heavy (non-hydrogen) atoms. The number of methoxy groups -OCH3 is 1. The summed E-state index contributed by atoms with van der Waals surface area (Å²) in [6.07, 6.45) is 1.52. The van der Waals surface area contributed by atoms with Gasteiger partial charge in [-0.2, -0.15) is 0 Å². The zero-order valence-electron chi connectivity index (χ0n) is 13.9. The quantitative estimate of drug-likeness (QED) is 0.626. The maximum absolute atomic E-state index is 11.9. The molecule has 1 aliphatic carbocycles. The molecule has 1 heterocycles. The first-order valence-corrected chi connectivity index (χ1v) is 8.85. The second-order valence-corrected chi connectivity index (χ2v) is 7.09. The monoisotopic (exact) mass is 387 g/mol. The number of ether oxygens (including phenoxy) is 1. The number of fused-ring (bicyclic) bond motifs is 3. The number of carboxylic acids is 1. The van der Waals surface area contributed by atoms with Gasteiger partial charge in [-0.15, -0.1) is 0 Å². The molecule has 0 radical (unpaired) electrons. The number of halogens is 2. The average Bonchev–Trinajstić information content (AvgIpc) is 3.00. The number of carbonyl (C=O) groups is 1. The fraction of sp³-hybridized carbons (Fsp3) is 0.150. The molecule has 0 spiro atoms. The van der Waals surface area contributed by atoms with Crippen molar-refractivity contribution in [3.05, 3.63) is 63.3 Å². The van der Waals surface area contributed by atoms with Gasteiger partial charge in [-0.25, -0.2) is 4.79 Å². The zero-order chi connectivity index (χ0) is 18.4. The minimum absolute atomic E-state index is 0.150. The van der Waals surface area contributed by atoms with Crippen molar-refractivity contribution >= 4 is 29.2 Å². The lowest BCUT2D eigenvalue weighted by molar-refractivity contribution is 0.0692. The third-order valence-corrected chi connectivity index (χ3v) is 5.13. The summed E-state index contributed by atoms with van der Waals surface area (Å²) >= 11 is 12.3. The maximum atomic E-state index is 11.9. The molecule has 0 unspecified atom stereocenters. The Hall–Kier alpha value is -2.43. The first-order valence-electron chi connectivity index (χ1n) is 8.10. The Balaban J connectivity index is 1.97. The van der Waals surface area contributed by atoms with Gasteiger partial charge >= 0.3 is 5.97 Å². The smallest absolute Gasteiger partial charge is 0.352 e. The van der Waals surface area contributed by atoms with Gasteiger partial charge < -0.3 is 14.8 Å². The molecule has 0 bridgehead atoms. The molecular formula is C20H15Cl2NO3. The Morgan fingerprint density at radius 1 is 1.12 bits per heavy atom. The fourth-order valence-electron chi connectivity index (χ4n) is 3.60. The van der Waals surface area contributed by atoms with Crippen LogP contribution in [0.3, 0.4) is 0 Å². The molecule has 1 aromatic heterocycles. The molecule has 0 amide bonds. The van der Waals surface area contributed by atoms with E-state index in [1.807, 2.05) is 18.2 Å². The Morgan fingerprint density at radius 2 is 1.85 bits per heavy atom. The topological polar surface area (TPSA) is 62.3 Å². The van der Waals surface area contributed by atoms with Crippen LogP contribution in [0.4, 0.5) is 0 Å².